The van der Waals surface area contributed by atoms with E-state index in [2.05, 4.69) is 37.3 Å². The lowest BCUT2D eigenvalue weighted by Crippen LogP contribution is -2.35. The zero-order chi connectivity index (χ0) is 24.2. The predicted molar refractivity (Wildman–Crippen MR) is 134 cm³/mol. The van der Waals surface area contributed by atoms with Crippen molar-refractivity contribution in [2.75, 3.05) is 38.7 Å². The molecular weight excluding hydrogens is 466 g/mol. The van der Waals surface area contributed by atoms with Crippen LogP contribution in [0.15, 0.2) is 53.3 Å². The van der Waals surface area contributed by atoms with Gasteiger partial charge in [0.2, 0.25) is 0 Å². The Morgan fingerprint density at radius 1 is 1.11 bits per heavy atom. The summed E-state index contributed by atoms with van der Waals surface area (Å²) in [5.74, 6) is 0.678. The number of aromatic nitrogens is 3. The van der Waals surface area contributed by atoms with Crippen LogP contribution >= 0.6 is 11.3 Å². The molecule has 2 N–H and O–H groups in total. The van der Waals surface area contributed by atoms with E-state index in [0.29, 0.717) is 17.4 Å². The van der Waals surface area contributed by atoms with Crippen molar-refractivity contribution in [3.63, 3.8) is 0 Å². The summed E-state index contributed by atoms with van der Waals surface area (Å²) in [6.45, 7) is 4.22. The van der Waals surface area contributed by atoms with E-state index in [9.17, 15) is 9.59 Å². The van der Waals surface area contributed by atoms with E-state index in [0.717, 1.165) is 54.4 Å². The van der Waals surface area contributed by atoms with Crippen LogP contribution in [0.25, 0.3) is 10.2 Å². The normalized spacial score (nSPS) is 14.2. The van der Waals surface area contributed by atoms with Crippen molar-refractivity contribution >= 4 is 32.6 Å². The van der Waals surface area contributed by atoms with E-state index in [-0.39, 0.29) is 11.3 Å². The maximum Gasteiger partial charge on any atom is 0.276 e. The van der Waals surface area contributed by atoms with Crippen LogP contribution in [0.1, 0.15) is 27.4 Å². The van der Waals surface area contributed by atoms with Crippen molar-refractivity contribution in [1.82, 2.24) is 19.9 Å². The first-order valence-electron chi connectivity index (χ1n) is 11.3. The lowest BCUT2D eigenvalue weighted by molar-refractivity contribution is 0.0342. The van der Waals surface area contributed by atoms with E-state index in [4.69, 9.17) is 9.47 Å². The summed E-state index contributed by atoms with van der Waals surface area (Å²) in [5, 5.41) is 3.26. The van der Waals surface area contributed by atoms with Gasteiger partial charge in [-0.1, -0.05) is 29.5 Å². The SMILES string of the molecule is COc1ccc(Cc2nc(C(=O)Nc3nc4ccc(CN5CCOCC5)cc4s3)cc(=O)[nH]2)cc1. The summed E-state index contributed by atoms with van der Waals surface area (Å²) in [4.78, 5) is 39.0. The van der Waals surface area contributed by atoms with Gasteiger partial charge in [0, 0.05) is 32.1 Å². The molecule has 5 rings (SSSR count). The summed E-state index contributed by atoms with van der Waals surface area (Å²) in [6, 6.07) is 14.8. The first kappa shape index (κ1) is 23.2. The molecule has 10 heteroatoms. The smallest absolute Gasteiger partial charge is 0.276 e. The fourth-order valence-electron chi connectivity index (χ4n) is 3.94. The Balaban J connectivity index is 1.29. The molecule has 2 aromatic carbocycles. The van der Waals surface area contributed by atoms with E-state index < -0.39 is 5.91 Å². The van der Waals surface area contributed by atoms with Crippen LogP contribution in [0.2, 0.25) is 0 Å². The van der Waals surface area contributed by atoms with Crippen molar-refractivity contribution in [3.05, 3.63) is 81.5 Å². The third-order valence-electron chi connectivity index (χ3n) is 5.74. The number of hydrogen-bond donors (Lipinski definition) is 2. The third-order valence-corrected chi connectivity index (χ3v) is 6.67. The van der Waals surface area contributed by atoms with Crippen LogP contribution in [0.3, 0.4) is 0 Å². The second kappa shape index (κ2) is 10.3. The number of anilines is 1. The van der Waals surface area contributed by atoms with Gasteiger partial charge in [-0.3, -0.25) is 19.8 Å². The number of rotatable bonds is 7. The molecule has 0 spiro atoms. The minimum absolute atomic E-state index is 0.0459. The number of morpholine rings is 1. The van der Waals surface area contributed by atoms with Gasteiger partial charge in [-0.2, -0.15) is 0 Å². The predicted octanol–water partition coefficient (Wildman–Crippen LogP) is 3.06. The average Bonchev–Trinajstić information content (AvgIpc) is 3.26. The number of methoxy groups -OCH3 is 1. The number of amides is 1. The Labute approximate surface area is 205 Å². The fraction of sp³-hybridized carbons (Fsp3) is 0.280. The van der Waals surface area contributed by atoms with Crippen LogP contribution in [-0.2, 0) is 17.7 Å². The number of fused-ring (bicyclic) bond motifs is 1. The molecular formula is C25H25N5O4S. The van der Waals surface area contributed by atoms with Gasteiger partial charge in [-0.05, 0) is 35.4 Å². The highest BCUT2D eigenvalue weighted by atomic mass is 32.1. The van der Waals surface area contributed by atoms with Crippen LogP contribution in [-0.4, -0.2) is 59.2 Å². The summed E-state index contributed by atoms with van der Waals surface area (Å²) in [6.07, 6.45) is 0.382. The van der Waals surface area contributed by atoms with Gasteiger partial charge in [0.05, 0.1) is 30.5 Å². The Morgan fingerprint density at radius 2 is 1.89 bits per heavy atom. The summed E-state index contributed by atoms with van der Waals surface area (Å²) in [5.41, 5.74) is 2.61. The highest BCUT2D eigenvalue weighted by Crippen LogP contribution is 2.27. The summed E-state index contributed by atoms with van der Waals surface area (Å²) < 4.78 is 11.6. The lowest BCUT2D eigenvalue weighted by Gasteiger charge is -2.26. The number of carbonyl (C=O) groups excluding carboxylic acids is 1. The van der Waals surface area contributed by atoms with Gasteiger partial charge >= 0.3 is 0 Å². The molecule has 0 saturated carbocycles. The largest absolute Gasteiger partial charge is 0.497 e. The molecule has 2 aromatic heterocycles. The van der Waals surface area contributed by atoms with E-state index >= 15 is 0 Å². The lowest BCUT2D eigenvalue weighted by atomic mass is 10.1. The Bertz CT molecular complexity index is 1390. The number of aromatic amines is 1. The van der Waals surface area contributed by atoms with Gasteiger partial charge < -0.3 is 14.5 Å². The van der Waals surface area contributed by atoms with E-state index in [1.54, 1.807) is 7.11 Å². The van der Waals surface area contributed by atoms with Crippen molar-refractivity contribution in [2.24, 2.45) is 0 Å². The monoisotopic (exact) mass is 491 g/mol. The molecule has 1 amide bonds. The Kier molecular flexibility index (Phi) is 6.84. The molecule has 4 aromatic rings. The number of nitrogens with zero attached hydrogens (tertiary/aromatic N) is 3. The molecule has 0 unspecified atom stereocenters. The molecule has 1 aliphatic rings. The quantitative estimate of drug-likeness (QED) is 0.409. The molecule has 0 bridgehead atoms. The first-order chi connectivity index (χ1) is 17.1. The van der Waals surface area contributed by atoms with Crippen molar-refractivity contribution in [3.8, 4) is 5.75 Å². The summed E-state index contributed by atoms with van der Waals surface area (Å²) >= 11 is 1.40. The molecule has 0 aliphatic carbocycles. The van der Waals surface area contributed by atoms with Crippen molar-refractivity contribution < 1.29 is 14.3 Å². The highest BCUT2D eigenvalue weighted by Gasteiger charge is 2.15. The number of nitrogens with one attached hydrogen (secondary N) is 2. The molecule has 0 radical (unpaired) electrons. The minimum atomic E-state index is -0.473. The van der Waals surface area contributed by atoms with Gasteiger partial charge in [0.25, 0.3) is 11.5 Å². The number of hydrogen-bond acceptors (Lipinski definition) is 8. The number of carbonyl (C=O) groups is 1. The maximum absolute atomic E-state index is 12.9. The molecule has 9 nitrogen and oxygen atoms in total. The standard InChI is InChI=1S/C25H25N5O4S/c1-33-18-5-2-16(3-6-18)13-22-26-20(14-23(31)28-22)24(32)29-25-27-19-7-4-17(12-21(19)35-25)15-30-8-10-34-11-9-30/h2-7,12,14H,8-11,13,15H2,1H3,(H,26,28,31)(H,27,29,32). The molecule has 180 valence electrons. The fourth-order valence-corrected chi connectivity index (χ4v) is 4.87. The molecule has 1 aliphatic heterocycles. The van der Waals surface area contributed by atoms with Crippen LogP contribution in [0.4, 0.5) is 5.13 Å². The van der Waals surface area contributed by atoms with Crippen LogP contribution in [0, 0.1) is 0 Å². The average molecular weight is 492 g/mol. The topological polar surface area (TPSA) is 109 Å². The molecule has 1 saturated heterocycles. The van der Waals surface area contributed by atoms with Gasteiger partial charge in [0.1, 0.15) is 17.3 Å². The van der Waals surface area contributed by atoms with Gasteiger partial charge in [-0.15, -0.1) is 0 Å². The number of benzene rings is 2. The van der Waals surface area contributed by atoms with Gasteiger partial charge in [-0.25, -0.2) is 9.97 Å². The first-order valence-corrected chi connectivity index (χ1v) is 12.1. The molecule has 0 atom stereocenters. The van der Waals surface area contributed by atoms with Crippen molar-refractivity contribution in [2.45, 2.75) is 13.0 Å². The summed E-state index contributed by atoms with van der Waals surface area (Å²) in [7, 11) is 1.60. The zero-order valence-electron chi connectivity index (χ0n) is 19.2. The molecule has 3 heterocycles. The van der Waals surface area contributed by atoms with Crippen LogP contribution in [0.5, 0.6) is 5.75 Å². The zero-order valence-corrected chi connectivity index (χ0v) is 20.1. The van der Waals surface area contributed by atoms with Crippen molar-refractivity contribution in [1.29, 1.82) is 0 Å². The van der Waals surface area contributed by atoms with Gasteiger partial charge in [0.15, 0.2) is 5.13 Å². The molecule has 35 heavy (non-hydrogen) atoms. The number of ether oxygens (including phenoxy) is 2. The molecule has 1 fully saturated rings. The highest BCUT2D eigenvalue weighted by molar-refractivity contribution is 7.22. The Morgan fingerprint density at radius 3 is 2.66 bits per heavy atom. The number of H-pyrrole nitrogens is 1. The Hall–Kier alpha value is -3.60. The third kappa shape index (κ3) is 5.73. The second-order valence-corrected chi connectivity index (χ2v) is 9.30. The maximum atomic E-state index is 12.9. The van der Waals surface area contributed by atoms with Crippen LogP contribution < -0.4 is 15.6 Å². The second-order valence-electron chi connectivity index (χ2n) is 8.27. The minimum Gasteiger partial charge on any atom is -0.497 e. The van der Waals surface area contributed by atoms with E-state index in [1.165, 1.54) is 23.0 Å². The van der Waals surface area contributed by atoms with E-state index in [1.807, 2.05) is 30.3 Å². The number of thiazole rings is 1.